The van der Waals surface area contributed by atoms with Crippen molar-refractivity contribution in [2.75, 3.05) is 6.54 Å². The lowest BCUT2D eigenvalue weighted by Crippen LogP contribution is -2.56. The maximum absolute atomic E-state index is 12.6. The zero-order valence-electron chi connectivity index (χ0n) is 20.1. The second-order valence-electron chi connectivity index (χ2n) is 9.69. The molecule has 0 fully saturated rings. The molecule has 31 heavy (non-hydrogen) atoms. The van der Waals surface area contributed by atoms with Gasteiger partial charge in [-0.2, -0.15) is 0 Å². The zero-order valence-corrected chi connectivity index (χ0v) is 20.1. The van der Waals surface area contributed by atoms with Crippen LogP contribution in [0, 0.1) is 17.8 Å². The lowest BCUT2D eigenvalue weighted by Gasteiger charge is -2.30. The van der Waals surface area contributed by atoms with E-state index in [1.165, 1.54) is 0 Å². The molecule has 9 nitrogen and oxygen atoms in total. The van der Waals surface area contributed by atoms with Gasteiger partial charge >= 0.3 is 0 Å². The molecule has 6 N–H and O–H groups in total. The molecule has 0 radical (unpaired) electrons. The summed E-state index contributed by atoms with van der Waals surface area (Å²) < 4.78 is 0. The van der Waals surface area contributed by atoms with E-state index in [-0.39, 0.29) is 42.9 Å². The zero-order chi connectivity index (χ0) is 24.4. The second kappa shape index (κ2) is 13.3. The lowest BCUT2D eigenvalue weighted by atomic mass is 9.91. The van der Waals surface area contributed by atoms with Crippen molar-refractivity contribution in [1.82, 2.24) is 16.0 Å². The van der Waals surface area contributed by atoms with Crippen molar-refractivity contribution in [2.45, 2.75) is 91.8 Å². The van der Waals surface area contributed by atoms with Crippen molar-refractivity contribution in [2.24, 2.45) is 23.5 Å². The summed E-state index contributed by atoms with van der Waals surface area (Å²) in [6.45, 7) is 13.3. The van der Waals surface area contributed by atoms with E-state index in [0.717, 1.165) is 0 Å². The second-order valence-corrected chi connectivity index (χ2v) is 9.69. The van der Waals surface area contributed by atoms with Gasteiger partial charge in [0, 0.05) is 25.3 Å². The molecule has 0 aliphatic rings. The highest BCUT2D eigenvalue weighted by atomic mass is 16.3. The van der Waals surface area contributed by atoms with E-state index in [1.807, 2.05) is 27.7 Å². The van der Waals surface area contributed by atoms with Crippen LogP contribution >= 0.6 is 0 Å². The van der Waals surface area contributed by atoms with E-state index in [4.69, 9.17) is 5.73 Å². The molecule has 0 saturated heterocycles. The molecule has 0 heterocycles. The van der Waals surface area contributed by atoms with Gasteiger partial charge in [0.15, 0.2) is 0 Å². The topological polar surface area (TPSA) is 151 Å². The largest absolute Gasteiger partial charge is 0.391 e. The minimum atomic E-state index is -1.09. The molecule has 0 spiro atoms. The third-order valence-corrected chi connectivity index (χ3v) is 4.85. The quantitative estimate of drug-likeness (QED) is 0.270. The Morgan fingerprint density at radius 3 is 2.00 bits per heavy atom. The molecule has 0 aromatic carbocycles. The Labute approximate surface area is 186 Å². The summed E-state index contributed by atoms with van der Waals surface area (Å²) in [5.41, 5.74) is 3.98. The Hall–Kier alpha value is -2.16. The van der Waals surface area contributed by atoms with E-state index >= 15 is 0 Å². The highest BCUT2D eigenvalue weighted by Gasteiger charge is 2.32. The molecule has 0 aliphatic carbocycles. The van der Waals surface area contributed by atoms with Crippen LogP contribution in [0.3, 0.4) is 0 Å². The van der Waals surface area contributed by atoms with Crippen LogP contribution in [-0.4, -0.2) is 53.0 Å². The SMILES string of the molecule is CC(C)CNC(=O)C(C)(C)NC(=O)[C@H](C)C[C@H](O)[C@H](CC(C)C)NC(=O)CCC(N)=O. The van der Waals surface area contributed by atoms with Crippen LogP contribution < -0.4 is 21.7 Å². The van der Waals surface area contributed by atoms with Gasteiger partial charge in [0.1, 0.15) is 5.54 Å². The summed E-state index contributed by atoms with van der Waals surface area (Å²) in [7, 11) is 0. The van der Waals surface area contributed by atoms with Crippen molar-refractivity contribution in [3.05, 3.63) is 0 Å². The van der Waals surface area contributed by atoms with Gasteiger partial charge in [-0.1, -0.05) is 34.6 Å². The Kier molecular flexibility index (Phi) is 12.4. The van der Waals surface area contributed by atoms with E-state index < -0.39 is 29.5 Å². The Bertz CT molecular complexity index is 619. The number of aliphatic hydroxyl groups excluding tert-OH is 1. The van der Waals surface area contributed by atoms with Gasteiger partial charge in [-0.25, -0.2) is 0 Å². The van der Waals surface area contributed by atoms with Crippen molar-refractivity contribution in [1.29, 1.82) is 0 Å². The van der Waals surface area contributed by atoms with Crippen molar-refractivity contribution < 1.29 is 24.3 Å². The number of aliphatic hydroxyl groups is 1. The number of nitrogens with one attached hydrogen (secondary N) is 3. The fraction of sp³-hybridized carbons (Fsp3) is 0.818. The molecule has 0 rings (SSSR count). The van der Waals surface area contributed by atoms with Crippen LogP contribution in [0.4, 0.5) is 0 Å². The number of hydrogen-bond donors (Lipinski definition) is 5. The molecule has 0 aromatic rings. The maximum atomic E-state index is 12.6. The van der Waals surface area contributed by atoms with Crippen LogP contribution in [0.15, 0.2) is 0 Å². The van der Waals surface area contributed by atoms with Crippen molar-refractivity contribution >= 4 is 23.6 Å². The first-order valence-electron chi connectivity index (χ1n) is 11.0. The average molecular weight is 443 g/mol. The van der Waals surface area contributed by atoms with Crippen LogP contribution in [0.1, 0.15) is 74.1 Å². The molecule has 0 aromatic heterocycles. The first kappa shape index (κ1) is 28.8. The molecule has 3 atom stereocenters. The molecule has 0 saturated carbocycles. The minimum absolute atomic E-state index is 0.0492. The van der Waals surface area contributed by atoms with Gasteiger partial charge in [-0.05, 0) is 38.5 Å². The van der Waals surface area contributed by atoms with E-state index in [1.54, 1.807) is 20.8 Å². The monoisotopic (exact) mass is 442 g/mol. The van der Waals surface area contributed by atoms with Crippen LogP contribution in [-0.2, 0) is 19.2 Å². The number of carbonyl (C=O) groups excluding carboxylic acids is 4. The standard InChI is InChI=1S/C22H42N4O5/c1-13(2)10-16(25-19(29)9-8-18(23)28)17(27)11-15(5)20(30)26-22(6,7)21(31)24-12-14(3)4/h13-17,27H,8-12H2,1-7H3,(H2,23,28)(H,24,31)(H,25,29)(H,26,30)/t15-,16+,17+/m1/s1. The molecule has 9 heteroatoms. The predicted molar refractivity (Wildman–Crippen MR) is 120 cm³/mol. The highest BCUT2D eigenvalue weighted by molar-refractivity contribution is 5.91. The van der Waals surface area contributed by atoms with Gasteiger partial charge in [-0.15, -0.1) is 0 Å². The van der Waals surface area contributed by atoms with Crippen LogP contribution in [0.25, 0.3) is 0 Å². The summed E-state index contributed by atoms with van der Waals surface area (Å²) in [6.07, 6.45) is -0.446. The molecule has 0 bridgehead atoms. The minimum Gasteiger partial charge on any atom is -0.391 e. The summed E-state index contributed by atoms with van der Waals surface area (Å²) in [5.74, 6) is -1.66. The van der Waals surface area contributed by atoms with E-state index in [0.29, 0.717) is 18.9 Å². The van der Waals surface area contributed by atoms with Gasteiger partial charge in [0.2, 0.25) is 23.6 Å². The first-order chi connectivity index (χ1) is 14.2. The third-order valence-electron chi connectivity index (χ3n) is 4.85. The fourth-order valence-corrected chi connectivity index (χ4v) is 2.98. The van der Waals surface area contributed by atoms with E-state index in [9.17, 15) is 24.3 Å². The molecule has 180 valence electrons. The molecule has 0 unspecified atom stereocenters. The molecule has 0 aliphatic heterocycles. The average Bonchev–Trinajstić information content (AvgIpc) is 2.62. The highest BCUT2D eigenvalue weighted by Crippen LogP contribution is 2.17. The van der Waals surface area contributed by atoms with Gasteiger partial charge in [-0.3, -0.25) is 19.2 Å². The lowest BCUT2D eigenvalue weighted by molar-refractivity contribution is -0.134. The van der Waals surface area contributed by atoms with Gasteiger partial charge in [0.25, 0.3) is 0 Å². The van der Waals surface area contributed by atoms with Crippen LogP contribution in [0.5, 0.6) is 0 Å². The number of nitrogens with two attached hydrogens (primary N) is 1. The number of carbonyl (C=O) groups is 4. The molecular formula is C22H42N4O5. The number of rotatable bonds is 14. The normalized spacial score (nSPS) is 14.6. The molecule has 4 amide bonds. The Morgan fingerprint density at radius 2 is 1.52 bits per heavy atom. The summed E-state index contributed by atoms with van der Waals surface area (Å²) >= 11 is 0. The number of amides is 4. The predicted octanol–water partition coefficient (Wildman–Crippen LogP) is 0.837. The molecular weight excluding hydrogens is 400 g/mol. The van der Waals surface area contributed by atoms with E-state index in [2.05, 4.69) is 16.0 Å². The van der Waals surface area contributed by atoms with Crippen LogP contribution in [0.2, 0.25) is 0 Å². The summed E-state index contributed by atoms with van der Waals surface area (Å²) in [5, 5.41) is 19.0. The number of primary amides is 1. The maximum Gasteiger partial charge on any atom is 0.245 e. The smallest absolute Gasteiger partial charge is 0.245 e. The summed E-state index contributed by atoms with van der Waals surface area (Å²) in [4.78, 5) is 48.0. The fourth-order valence-electron chi connectivity index (χ4n) is 2.98. The Balaban J connectivity index is 4.94. The van der Waals surface area contributed by atoms with Gasteiger partial charge < -0.3 is 26.8 Å². The van der Waals surface area contributed by atoms with Crippen molar-refractivity contribution in [3.8, 4) is 0 Å². The Morgan fingerprint density at radius 1 is 0.935 bits per heavy atom. The third kappa shape index (κ3) is 12.3. The van der Waals surface area contributed by atoms with Gasteiger partial charge in [0.05, 0.1) is 12.1 Å². The van der Waals surface area contributed by atoms with Crippen molar-refractivity contribution in [3.63, 3.8) is 0 Å². The first-order valence-corrected chi connectivity index (χ1v) is 11.0. The summed E-state index contributed by atoms with van der Waals surface area (Å²) in [6, 6.07) is -0.557. The number of hydrogen-bond acceptors (Lipinski definition) is 5.